The molecule has 0 spiro atoms. The van der Waals surface area contributed by atoms with Crippen LogP contribution in [0.25, 0.3) is 0 Å². The average molecular weight is 99.1 g/mol. The Bertz CT molecular complexity index is 115. The van der Waals surface area contributed by atoms with Crippen LogP contribution in [-0.2, 0) is 0 Å². The second-order valence-corrected chi connectivity index (χ2v) is 1.09. The molecule has 0 unspecified atom stereocenters. The predicted molar refractivity (Wildman–Crippen MR) is 23.2 cm³/mol. The molecule has 1 heterocycles. The van der Waals surface area contributed by atoms with E-state index >= 15 is 0 Å². The van der Waals surface area contributed by atoms with Gasteiger partial charge in [0.1, 0.15) is 0 Å². The lowest BCUT2D eigenvalue weighted by atomic mass is 10.9. The summed E-state index contributed by atoms with van der Waals surface area (Å²) in [4.78, 5) is 0. The zero-order chi connectivity index (χ0) is 5.28. The SMILES string of the molecule is C=C1N=NNN1N. The molecule has 0 amide bonds. The molecule has 7 heavy (non-hydrogen) atoms. The second-order valence-electron chi connectivity index (χ2n) is 1.09. The summed E-state index contributed by atoms with van der Waals surface area (Å²) in [5.41, 5.74) is 2.34. The fourth-order valence-electron chi connectivity index (χ4n) is 0.234. The molecule has 0 bridgehead atoms. The molecule has 0 radical (unpaired) electrons. The summed E-state index contributed by atoms with van der Waals surface area (Å²) in [6, 6.07) is 0. The zero-order valence-corrected chi connectivity index (χ0v) is 3.63. The van der Waals surface area contributed by atoms with Gasteiger partial charge in [0.15, 0.2) is 5.82 Å². The maximum Gasteiger partial charge on any atom is 0.182 e. The van der Waals surface area contributed by atoms with Gasteiger partial charge in [-0.15, -0.1) is 5.11 Å². The molecular formula is C2H5N5. The Kier molecular flexibility index (Phi) is 0.694. The number of nitrogens with two attached hydrogens (primary N) is 1. The molecule has 0 aromatic rings. The average Bonchev–Trinajstić information content (AvgIpc) is 1.91. The van der Waals surface area contributed by atoms with Crippen molar-refractivity contribution in [2.24, 2.45) is 16.2 Å². The highest BCUT2D eigenvalue weighted by Gasteiger charge is 2.03. The smallest absolute Gasteiger partial charge is 0.182 e. The second kappa shape index (κ2) is 1.19. The lowest BCUT2D eigenvalue weighted by molar-refractivity contribution is 0.293. The van der Waals surface area contributed by atoms with Crippen LogP contribution in [0.5, 0.6) is 0 Å². The minimum atomic E-state index is 0.417. The summed E-state index contributed by atoms with van der Waals surface area (Å²) in [6.07, 6.45) is 0. The van der Waals surface area contributed by atoms with Crippen LogP contribution in [0.1, 0.15) is 0 Å². The summed E-state index contributed by atoms with van der Waals surface area (Å²) in [7, 11) is 0. The van der Waals surface area contributed by atoms with Crippen molar-refractivity contribution >= 4 is 0 Å². The van der Waals surface area contributed by atoms with E-state index in [1.807, 2.05) is 0 Å². The van der Waals surface area contributed by atoms with E-state index in [1.165, 1.54) is 0 Å². The van der Waals surface area contributed by atoms with E-state index in [9.17, 15) is 0 Å². The number of hydrazine groups is 2. The Hall–Kier alpha value is -1.10. The summed E-state index contributed by atoms with van der Waals surface area (Å²) >= 11 is 0. The lowest BCUT2D eigenvalue weighted by Gasteiger charge is -2.04. The van der Waals surface area contributed by atoms with Crippen molar-refractivity contribution in [3.63, 3.8) is 0 Å². The van der Waals surface area contributed by atoms with Crippen molar-refractivity contribution in [3.8, 4) is 0 Å². The summed E-state index contributed by atoms with van der Waals surface area (Å²) in [5.74, 6) is 5.53. The van der Waals surface area contributed by atoms with Crippen molar-refractivity contribution in [1.82, 2.24) is 10.7 Å². The molecule has 1 aliphatic rings. The summed E-state index contributed by atoms with van der Waals surface area (Å²) < 4.78 is 0. The van der Waals surface area contributed by atoms with Crippen molar-refractivity contribution in [3.05, 3.63) is 12.4 Å². The fraction of sp³-hybridized carbons (Fsp3) is 0. The van der Waals surface area contributed by atoms with Crippen molar-refractivity contribution in [1.29, 1.82) is 0 Å². The first kappa shape index (κ1) is 4.07. The molecule has 0 saturated carbocycles. The highest BCUT2D eigenvalue weighted by atomic mass is 15.9. The minimum Gasteiger partial charge on any atom is -0.225 e. The molecule has 0 aromatic heterocycles. The number of hydrogen-bond acceptors (Lipinski definition) is 5. The topological polar surface area (TPSA) is 66.0 Å². The first-order chi connectivity index (χ1) is 3.30. The van der Waals surface area contributed by atoms with E-state index in [0.29, 0.717) is 5.82 Å². The molecular weight excluding hydrogens is 94.1 g/mol. The van der Waals surface area contributed by atoms with Gasteiger partial charge in [0.2, 0.25) is 0 Å². The van der Waals surface area contributed by atoms with Crippen LogP contribution in [0.15, 0.2) is 22.7 Å². The fourth-order valence-corrected chi connectivity index (χ4v) is 0.234. The Labute approximate surface area is 40.4 Å². The van der Waals surface area contributed by atoms with Crippen LogP contribution < -0.4 is 11.4 Å². The molecule has 5 nitrogen and oxygen atoms in total. The molecule has 0 saturated heterocycles. The predicted octanol–water partition coefficient (Wildman–Crippen LogP) is -0.481. The zero-order valence-electron chi connectivity index (χ0n) is 3.63. The third-order valence-electron chi connectivity index (χ3n) is 0.596. The van der Waals surface area contributed by atoms with Crippen LogP contribution in [0, 0.1) is 0 Å². The number of nitrogens with one attached hydrogen (secondary N) is 1. The van der Waals surface area contributed by atoms with E-state index in [0.717, 1.165) is 5.12 Å². The third-order valence-corrected chi connectivity index (χ3v) is 0.596. The molecule has 1 aliphatic heterocycles. The van der Waals surface area contributed by atoms with E-state index in [2.05, 4.69) is 22.5 Å². The number of hydrogen-bond donors (Lipinski definition) is 2. The third kappa shape index (κ3) is 0.520. The molecule has 0 aliphatic carbocycles. The summed E-state index contributed by atoms with van der Waals surface area (Å²) in [5, 5.41) is 7.88. The van der Waals surface area contributed by atoms with E-state index in [1.54, 1.807) is 0 Å². The first-order valence-corrected chi connectivity index (χ1v) is 1.71. The van der Waals surface area contributed by atoms with Gasteiger partial charge in [0, 0.05) is 0 Å². The van der Waals surface area contributed by atoms with Crippen molar-refractivity contribution in [2.45, 2.75) is 0 Å². The molecule has 3 N–H and O–H groups in total. The molecule has 0 fully saturated rings. The minimum absolute atomic E-state index is 0.417. The Morgan fingerprint density at radius 3 is 2.71 bits per heavy atom. The van der Waals surface area contributed by atoms with Gasteiger partial charge in [0.25, 0.3) is 0 Å². The monoisotopic (exact) mass is 99.1 g/mol. The van der Waals surface area contributed by atoms with Crippen molar-refractivity contribution in [2.75, 3.05) is 0 Å². The van der Waals surface area contributed by atoms with Crippen LogP contribution in [0.3, 0.4) is 0 Å². The maximum absolute atomic E-state index is 5.11. The van der Waals surface area contributed by atoms with Gasteiger partial charge in [0.05, 0.1) is 0 Å². The Morgan fingerprint density at radius 2 is 2.57 bits per heavy atom. The van der Waals surface area contributed by atoms with Gasteiger partial charge >= 0.3 is 0 Å². The Morgan fingerprint density at radius 1 is 1.86 bits per heavy atom. The van der Waals surface area contributed by atoms with Gasteiger partial charge in [-0.25, -0.2) is 5.84 Å². The van der Waals surface area contributed by atoms with Crippen molar-refractivity contribution < 1.29 is 0 Å². The standard InChI is InChI=1S/C2H5N5/c1-2-4-5-6-7(2)3/h1,3H2,(H,4,6). The highest BCUT2D eigenvalue weighted by molar-refractivity contribution is 4.86. The van der Waals surface area contributed by atoms with E-state index in [4.69, 9.17) is 5.84 Å². The van der Waals surface area contributed by atoms with Gasteiger partial charge in [-0.3, -0.25) is 0 Å². The highest BCUT2D eigenvalue weighted by Crippen LogP contribution is 1.98. The lowest BCUT2D eigenvalue weighted by Crippen LogP contribution is -2.34. The largest absolute Gasteiger partial charge is 0.225 e. The molecule has 5 heteroatoms. The van der Waals surface area contributed by atoms with Crippen LogP contribution >= 0.6 is 0 Å². The van der Waals surface area contributed by atoms with Crippen LogP contribution in [0.4, 0.5) is 0 Å². The normalized spacial score (nSPS) is 17.9. The summed E-state index contributed by atoms with van der Waals surface area (Å²) in [6.45, 7) is 3.41. The first-order valence-electron chi connectivity index (χ1n) is 1.71. The number of nitrogens with zero attached hydrogens (tertiary/aromatic N) is 3. The van der Waals surface area contributed by atoms with E-state index < -0.39 is 0 Å². The van der Waals surface area contributed by atoms with Crippen LogP contribution in [-0.4, -0.2) is 5.12 Å². The van der Waals surface area contributed by atoms with Gasteiger partial charge in [-0.1, -0.05) is 11.8 Å². The van der Waals surface area contributed by atoms with E-state index in [-0.39, 0.29) is 0 Å². The molecule has 0 aromatic carbocycles. The van der Waals surface area contributed by atoms with Crippen LogP contribution in [0.2, 0.25) is 0 Å². The molecule has 0 atom stereocenters. The quantitative estimate of drug-likeness (QED) is 0.403. The molecule has 38 valence electrons. The number of rotatable bonds is 0. The van der Waals surface area contributed by atoms with Gasteiger partial charge < -0.3 is 0 Å². The molecule has 1 rings (SSSR count). The van der Waals surface area contributed by atoms with Gasteiger partial charge in [-0.05, 0) is 0 Å². The maximum atomic E-state index is 5.11. The Balaban J connectivity index is 2.62. The van der Waals surface area contributed by atoms with Gasteiger partial charge in [-0.2, -0.15) is 10.7 Å².